The first-order chi connectivity index (χ1) is 4.97. The Labute approximate surface area is 54.9 Å². The molecule has 2 aliphatic rings. The van der Waals surface area contributed by atoms with E-state index >= 15 is 0 Å². The van der Waals surface area contributed by atoms with Gasteiger partial charge in [-0.15, -0.1) is 0 Å². The fourth-order valence-electron chi connectivity index (χ4n) is 0.663. The lowest BCUT2D eigenvalue weighted by molar-refractivity contribution is 0.233. The van der Waals surface area contributed by atoms with Crippen LogP contribution in [-0.2, 0) is 0 Å². The Bertz CT molecular complexity index is 357. The summed E-state index contributed by atoms with van der Waals surface area (Å²) < 4.78 is 9.53. The molecule has 10 heavy (non-hydrogen) atoms. The first-order valence-corrected chi connectivity index (χ1v) is 2.76. The lowest BCUT2D eigenvalue weighted by Gasteiger charge is -1.65. The molecule has 5 nitrogen and oxygen atoms in total. The fourth-order valence-corrected chi connectivity index (χ4v) is 0.663. The van der Waals surface area contributed by atoms with E-state index < -0.39 is 0 Å². The van der Waals surface area contributed by atoms with E-state index in [4.69, 9.17) is 9.05 Å². The molecule has 0 unspecified atom stereocenters. The van der Waals surface area contributed by atoms with E-state index in [0.717, 1.165) is 5.35 Å². The third-order valence-electron chi connectivity index (χ3n) is 1.09. The first kappa shape index (κ1) is 5.16. The highest BCUT2D eigenvalue weighted by atomic mass is 16.6. The number of rotatable bonds is 0. The summed E-state index contributed by atoms with van der Waals surface area (Å²) in [6.45, 7) is 0. The molecule has 0 aromatic heterocycles. The Hall–Kier alpha value is -1.65. The summed E-state index contributed by atoms with van der Waals surface area (Å²) in [5.41, 5.74) is 0.338. The van der Waals surface area contributed by atoms with Crippen molar-refractivity contribution in [3.05, 3.63) is 29.3 Å². The minimum Gasteiger partial charge on any atom is -0.323 e. The molecule has 0 fully saturated rings. The molecule has 0 aromatic rings. The molecule has 0 bridgehead atoms. The molecule has 0 aliphatic carbocycles. The van der Waals surface area contributed by atoms with Crippen LogP contribution in [0.3, 0.4) is 0 Å². The van der Waals surface area contributed by atoms with Gasteiger partial charge in [-0.1, -0.05) is 5.16 Å². The second-order valence-electron chi connectivity index (χ2n) is 1.74. The van der Waals surface area contributed by atoms with Gasteiger partial charge in [0.1, 0.15) is 5.35 Å². The highest BCUT2D eigenvalue weighted by molar-refractivity contribution is 4.85. The number of nitrogens with one attached hydrogen (secondary N) is 2. The van der Waals surface area contributed by atoms with Gasteiger partial charge in [0.2, 0.25) is 0 Å². The molecule has 2 N–H and O–H groups in total. The summed E-state index contributed by atoms with van der Waals surface area (Å²) in [5.74, 6) is 0. The van der Waals surface area contributed by atoms with Gasteiger partial charge in [-0.3, -0.25) is 5.10 Å². The zero-order valence-electron chi connectivity index (χ0n) is 5.00. The maximum absolute atomic E-state index is 4.77. The standard InChI is InChI=1S/C5H5N3O2/c1-2-4-5(9-6-3-1)10-8-7-4/h1-3,7-8H. The monoisotopic (exact) mass is 139 g/mol. The molecule has 0 radical (unpaired) electrons. The number of aromatic amines is 2. The van der Waals surface area contributed by atoms with Crippen LogP contribution < -0.4 is 0 Å². The Morgan fingerprint density at radius 1 is 1.50 bits per heavy atom. The van der Waals surface area contributed by atoms with Crippen molar-refractivity contribution in [2.24, 2.45) is 0 Å². The largest absolute Gasteiger partial charge is 0.361 e. The quantitative estimate of drug-likeness (QED) is 0.566. The number of H-pyrrole nitrogens is 2. The average molecular weight is 139 g/mol. The Morgan fingerprint density at radius 2 is 2.50 bits per heavy atom. The van der Waals surface area contributed by atoms with E-state index in [1.807, 2.05) is 0 Å². The molecule has 2 heterocycles. The van der Waals surface area contributed by atoms with Crippen LogP contribution in [0.5, 0.6) is 0 Å². The van der Waals surface area contributed by atoms with Crippen LogP contribution in [0.1, 0.15) is 0 Å². The molecular formula is C5H5N3O2. The molecule has 0 aromatic carbocycles. The van der Waals surface area contributed by atoms with Crippen molar-refractivity contribution in [1.82, 2.24) is 15.5 Å². The van der Waals surface area contributed by atoms with Gasteiger partial charge in [-0.25, -0.2) is 0 Å². The average Bonchev–Trinajstić information content (AvgIpc) is 2.28. The van der Waals surface area contributed by atoms with Crippen molar-refractivity contribution in [2.45, 2.75) is 0 Å². The SMILES string of the molecule is c1cnoc2o[nH][nH]c=2c1. The molecule has 0 saturated heterocycles. The van der Waals surface area contributed by atoms with E-state index in [2.05, 4.69) is 15.5 Å². The predicted molar refractivity (Wildman–Crippen MR) is 30.4 cm³/mol. The summed E-state index contributed by atoms with van der Waals surface area (Å²) in [5, 5.41) is 9.40. The number of hydrogen-bond donors (Lipinski definition) is 2. The topological polar surface area (TPSA) is 70.8 Å². The third-order valence-corrected chi connectivity index (χ3v) is 1.09. The minimum atomic E-state index is 0.338. The molecule has 2 aliphatic heterocycles. The van der Waals surface area contributed by atoms with E-state index in [9.17, 15) is 0 Å². The maximum Gasteiger partial charge on any atom is 0.361 e. The van der Waals surface area contributed by atoms with Crippen molar-refractivity contribution < 1.29 is 9.05 Å². The van der Waals surface area contributed by atoms with Crippen molar-refractivity contribution in [3.8, 4) is 0 Å². The van der Waals surface area contributed by atoms with Crippen LogP contribution in [0.2, 0.25) is 0 Å². The van der Waals surface area contributed by atoms with Crippen LogP contribution in [0, 0.1) is 11.0 Å². The minimum absolute atomic E-state index is 0.338. The normalized spacial score (nSPS) is 10.0. The van der Waals surface area contributed by atoms with Crippen molar-refractivity contribution in [3.63, 3.8) is 0 Å². The Balaban J connectivity index is 3.04. The van der Waals surface area contributed by atoms with E-state index in [1.165, 1.54) is 6.20 Å². The van der Waals surface area contributed by atoms with E-state index in [-0.39, 0.29) is 0 Å². The summed E-state index contributed by atoms with van der Waals surface area (Å²) in [6.07, 6.45) is 1.53. The molecule has 0 spiro atoms. The van der Waals surface area contributed by atoms with Crippen LogP contribution in [0.15, 0.2) is 27.4 Å². The smallest absolute Gasteiger partial charge is 0.323 e. The number of hydrogen-bond acceptors (Lipinski definition) is 3. The second-order valence-corrected chi connectivity index (χ2v) is 1.74. The van der Waals surface area contributed by atoms with Gasteiger partial charge in [0.15, 0.2) is 0 Å². The van der Waals surface area contributed by atoms with E-state index in [1.54, 1.807) is 12.1 Å². The molecule has 0 saturated carbocycles. The highest BCUT2D eigenvalue weighted by Gasteiger charge is 1.87. The molecular weight excluding hydrogens is 134 g/mol. The molecule has 52 valence electrons. The van der Waals surface area contributed by atoms with Crippen molar-refractivity contribution >= 4 is 0 Å². The van der Waals surface area contributed by atoms with Crippen LogP contribution in [0.25, 0.3) is 0 Å². The summed E-state index contributed by atoms with van der Waals surface area (Å²) in [6, 6.07) is 3.53. The highest BCUT2D eigenvalue weighted by Crippen LogP contribution is 1.88. The maximum atomic E-state index is 4.77. The van der Waals surface area contributed by atoms with Crippen LogP contribution in [0.4, 0.5) is 0 Å². The van der Waals surface area contributed by atoms with E-state index in [0.29, 0.717) is 5.61 Å². The summed E-state index contributed by atoms with van der Waals surface area (Å²) in [7, 11) is 0. The van der Waals surface area contributed by atoms with Gasteiger partial charge in [-0.2, -0.15) is 5.27 Å². The Kier molecular flexibility index (Phi) is 1.00. The van der Waals surface area contributed by atoms with Crippen LogP contribution in [-0.4, -0.2) is 15.5 Å². The van der Waals surface area contributed by atoms with Crippen molar-refractivity contribution in [1.29, 1.82) is 0 Å². The zero-order chi connectivity index (χ0) is 6.81. The summed E-state index contributed by atoms with van der Waals surface area (Å²) >= 11 is 0. The van der Waals surface area contributed by atoms with Gasteiger partial charge in [0, 0.05) is 0 Å². The van der Waals surface area contributed by atoms with Gasteiger partial charge in [-0.05, 0) is 12.1 Å². The molecule has 0 atom stereocenters. The number of aromatic nitrogens is 3. The first-order valence-electron chi connectivity index (χ1n) is 2.76. The lowest BCUT2D eigenvalue weighted by Crippen LogP contribution is -1.64. The van der Waals surface area contributed by atoms with Gasteiger partial charge < -0.3 is 9.05 Å². The van der Waals surface area contributed by atoms with Crippen molar-refractivity contribution in [2.75, 3.05) is 0 Å². The zero-order valence-corrected chi connectivity index (χ0v) is 5.00. The third kappa shape index (κ3) is 0.680. The lowest BCUT2D eigenvalue weighted by atomic mass is 10.5. The van der Waals surface area contributed by atoms with Gasteiger partial charge in [0.25, 0.3) is 0 Å². The molecule has 5 heteroatoms. The van der Waals surface area contributed by atoms with Crippen LogP contribution >= 0.6 is 0 Å². The summed E-state index contributed by atoms with van der Waals surface area (Å²) in [4.78, 5) is 0. The predicted octanol–water partition coefficient (Wildman–Crippen LogP) is 0.773. The van der Waals surface area contributed by atoms with Gasteiger partial charge in [0.05, 0.1) is 6.20 Å². The molecule has 0 amide bonds. The number of nitrogens with zero attached hydrogens (tertiary/aromatic N) is 1. The molecule has 2 rings (SSSR count). The second kappa shape index (κ2) is 1.94. The Morgan fingerprint density at radius 3 is 3.50 bits per heavy atom. The fraction of sp³-hybridized carbons (Fsp3) is 0. The van der Waals surface area contributed by atoms with Gasteiger partial charge >= 0.3 is 5.61 Å².